The third-order valence-electron chi connectivity index (χ3n) is 6.36. The van der Waals surface area contributed by atoms with Gasteiger partial charge in [0.25, 0.3) is 0 Å². The number of piperidine rings is 1. The molecule has 0 unspecified atom stereocenters. The summed E-state index contributed by atoms with van der Waals surface area (Å²) in [6.45, 7) is 7.71. The van der Waals surface area contributed by atoms with Crippen LogP contribution in [0.25, 0.3) is 0 Å². The zero-order valence-electron chi connectivity index (χ0n) is 17.5. The van der Waals surface area contributed by atoms with Crippen LogP contribution in [0.4, 0.5) is 5.95 Å². The number of imidazole rings is 1. The first-order valence-corrected chi connectivity index (χ1v) is 10.6. The van der Waals surface area contributed by atoms with Crippen LogP contribution in [0.3, 0.4) is 0 Å². The first kappa shape index (κ1) is 19.3. The van der Waals surface area contributed by atoms with Gasteiger partial charge in [-0.3, -0.25) is 9.80 Å². The molecule has 1 fully saturated rings. The van der Waals surface area contributed by atoms with Gasteiger partial charge in [0.05, 0.1) is 17.6 Å². The Labute approximate surface area is 168 Å². The summed E-state index contributed by atoms with van der Waals surface area (Å²) < 4.78 is 0. The van der Waals surface area contributed by atoms with Gasteiger partial charge in [-0.1, -0.05) is 13.3 Å². The summed E-state index contributed by atoms with van der Waals surface area (Å²) >= 11 is 0. The monoisotopic (exact) mass is 383 g/mol. The van der Waals surface area contributed by atoms with Crippen LogP contribution in [-0.4, -0.2) is 70.0 Å². The normalized spacial score (nSPS) is 19.7. The Morgan fingerprint density at radius 2 is 1.86 bits per heavy atom. The van der Waals surface area contributed by atoms with Crippen LogP contribution in [0.2, 0.25) is 0 Å². The van der Waals surface area contributed by atoms with Gasteiger partial charge in [0.15, 0.2) is 0 Å². The molecule has 2 aromatic heterocycles. The molecule has 28 heavy (non-hydrogen) atoms. The average Bonchev–Trinajstić information content (AvgIpc) is 3.20. The Morgan fingerprint density at radius 1 is 1.11 bits per heavy atom. The number of anilines is 1. The topological polar surface area (TPSA) is 64.2 Å². The number of rotatable bonds is 6. The van der Waals surface area contributed by atoms with Gasteiger partial charge in [0, 0.05) is 70.3 Å². The maximum atomic E-state index is 4.79. The summed E-state index contributed by atoms with van der Waals surface area (Å²) in [6.07, 6.45) is 11.7. The number of fused-ring (bicyclic) bond motifs is 2. The molecule has 1 spiro atoms. The van der Waals surface area contributed by atoms with Crippen molar-refractivity contribution < 1.29 is 0 Å². The van der Waals surface area contributed by atoms with E-state index in [1.54, 1.807) is 0 Å². The second-order valence-electron chi connectivity index (χ2n) is 8.41. The number of H-pyrrole nitrogens is 1. The van der Waals surface area contributed by atoms with Crippen molar-refractivity contribution in [1.82, 2.24) is 29.7 Å². The molecule has 0 atom stereocenters. The Morgan fingerprint density at radius 3 is 2.54 bits per heavy atom. The molecule has 1 saturated heterocycles. The Hall–Kier alpha value is -1.99. The van der Waals surface area contributed by atoms with E-state index in [1.807, 2.05) is 37.7 Å². The Kier molecular flexibility index (Phi) is 5.64. The standard InChI is InChI=1S/C21H33N7/c1-4-5-9-28-10-6-18-19(25-16-24-18)21(28)7-11-27(12-8-21)15-17-13-22-20(23-14-17)26(2)3/h13-14,16H,4-12,15H2,1-3H3,(H,24,25). The maximum Gasteiger partial charge on any atom is 0.224 e. The molecule has 152 valence electrons. The third kappa shape index (κ3) is 3.65. The lowest BCUT2D eigenvalue weighted by Gasteiger charge is -2.50. The van der Waals surface area contributed by atoms with Crippen LogP contribution in [0.1, 0.15) is 49.6 Å². The second-order valence-corrected chi connectivity index (χ2v) is 8.41. The van der Waals surface area contributed by atoms with Gasteiger partial charge < -0.3 is 9.88 Å². The first-order chi connectivity index (χ1) is 13.6. The zero-order valence-corrected chi connectivity index (χ0v) is 17.5. The van der Waals surface area contributed by atoms with Gasteiger partial charge in [-0.2, -0.15) is 0 Å². The van der Waals surface area contributed by atoms with E-state index in [0.717, 1.165) is 51.4 Å². The summed E-state index contributed by atoms with van der Waals surface area (Å²) in [7, 11) is 3.94. The van der Waals surface area contributed by atoms with Gasteiger partial charge in [-0.05, 0) is 25.8 Å². The average molecular weight is 384 g/mol. The molecule has 0 aliphatic carbocycles. The number of aromatic amines is 1. The second kappa shape index (κ2) is 8.17. The van der Waals surface area contributed by atoms with E-state index in [4.69, 9.17) is 4.98 Å². The van der Waals surface area contributed by atoms with Crippen LogP contribution in [0, 0.1) is 0 Å². The van der Waals surface area contributed by atoms with E-state index in [-0.39, 0.29) is 5.54 Å². The smallest absolute Gasteiger partial charge is 0.224 e. The number of aromatic nitrogens is 4. The van der Waals surface area contributed by atoms with Crippen LogP contribution in [0.15, 0.2) is 18.7 Å². The van der Waals surface area contributed by atoms with Gasteiger partial charge in [-0.15, -0.1) is 0 Å². The Bertz CT molecular complexity index is 759. The summed E-state index contributed by atoms with van der Waals surface area (Å²) in [5, 5.41) is 0. The number of hydrogen-bond donors (Lipinski definition) is 1. The molecule has 0 aromatic carbocycles. The van der Waals surface area contributed by atoms with Crippen molar-refractivity contribution in [2.45, 2.75) is 51.1 Å². The van der Waals surface area contributed by atoms with Gasteiger partial charge in [0.1, 0.15) is 0 Å². The minimum Gasteiger partial charge on any atom is -0.348 e. The highest BCUT2D eigenvalue weighted by atomic mass is 15.3. The van der Waals surface area contributed by atoms with Gasteiger partial charge in [0.2, 0.25) is 5.95 Å². The third-order valence-corrected chi connectivity index (χ3v) is 6.36. The molecule has 0 bridgehead atoms. The van der Waals surface area contributed by atoms with Gasteiger partial charge in [-0.25, -0.2) is 15.0 Å². The van der Waals surface area contributed by atoms with Crippen LogP contribution >= 0.6 is 0 Å². The fourth-order valence-corrected chi connectivity index (χ4v) is 4.75. The van der Waals surface area contributed by atoms with Gasteiger partial charge >= 0.3 is 0 Å². The van der Waals surface area contributed by atoms with Crippen molar-refractivity contribution in [3.05, 3.63) is 35.7 Å². The molecule has 2 aromatic rings. The van der Waals surface area contributed by atoms with E-state index in [2.05, 4.69) is 31.7 Å². The van der Waals surface area contributed by atoms with Crippen molar-refractivity contribution in [1.29, 1.82) is 0 Å². The predicted octanol–water partition coefficient (Wildman–Crippen LogP) is 2.42. The molecule has 7 heteroatoms. The van der Waals surface area contributed by atoms with E-state index in [9.17, 15) is 0 Å². The fourth-order valence-electron chi connectivity index (χ4n) is 4.75. The van der Waals surface area contributed by atoms with E-state index < -0.39 is 0 Å². The van der Waals surface area contributed by atoms with E-state index >= 15 is 0 Å². The number of likely N-dealkylation sites (tertiary alicyclic amines) is 1. The Balaban J connectivity index is 1.45. The molecular weight excluding hydrogens is 350 g/mol. The molecule has 2 aliphatic rings. The molecular formula is C21H33N7. The van der Waals surface area contributed by atoms with E-state index in [0.29, 0.717) is 0 Å². The fraction of sp³-hybridized carbons (Fsp3) is 0.667. The van der Waals surface area contributed by atoms with Crippen molar-refractivity contribution in [3.63, 3.8) is 0 Å². The van der Waals surface area contributed by atoms with Crippen molar-refractivity contribution in [2.24, 2.45) is 0 Å². The van der Waals surface area contributed by atoms with Crippen LogP contribution in [-0.2, 0) is 18.5 Å². The largest absolute Gasteiger partial charge is 0.348 e. The lowest BCUT2D eigenvalue weighted by molar-refractivity contribution is 0.00261. The van der Waals surface area contributed by atoms with Crippen molar-refractivity contribution in [2.75, 3.05) is 45.2 Å². The zero-order chi connectivity index (χ0) is 19.6. The predicted molar refractivity (Wildman–Crippen MR) is 111 cm³/mol. The number of unbranched alkanes of at least 4 members (excludes halogenated alkanes) is 1. The molecule has 0 saturated carbocycles. The summed E-state index contributed by atoms with van der Waals surface area (Å²) in [4.78, 5) is 24.3. The van der Waals surface area contributed by atoms with Crippen LogP contribution < -0.4 is 4.90 Å². The molecule has 0 amide bonds. The molecule has 4 rings (SSSR count). The number of hydrogen-bond acceptors (Lipinski definition) is 6. The minimum atomic E-state index is 0.116. The number of nitrogens with zero attached hydrogens (tertiary/aromatic N) is 6. The molecule has 1 N–H and O–H groups in total. The SMILES string of the molecule is CCCCN1CCc2[nH]cnc2C12CCN(Cc1cnc(N(C)C)nc1)CC2. The van der Waals surface area contributed by atoms with Crippen LogP contribution in [0.5, 0.6) is 0 Å². The molecule has 2 aliphatic heterocycles. The summed E-state index contributed by atoms with van der Waals surface area (Å²) in [5.74, 6) is 0.765. The molecule has 0 radical (unpaired) electrons. The quantitative estimate of drug-likeness (QED) is 0.826. The minimum absolute atomic E-state index is 0.116. The highest BCUT2D eigenvalue weighted by Crippen LogP contribution is 2.42. The summed E-state index contributed by atoms with van der Waals surface area (Å²) in [6, 6.07) is 0. The maximum absolute atomic E-state index is 4.79. The first-order valence-electron chi connectivity index (χ1n) is 10.6. The molecule has 7 nitrogen and oxygen atoms in total. The highest BCUT2D eigenvalue weighted by molar-refractivity contribution is 5.28. The summed E-state index contributed by atoms with van der Waals surface area (Å²) in [5.41, 5.74) is 3.97. The van der Waals surface area contributed by atoms with Crippen molar-refractivity contribution >= 4 is 5.95 Å². The highest BCUT2D eigenvalue weighted by Gasteiger charge is 2.46. The lowest BCUT2D eigenvalue weighted by Crippen LogP contribution is -2.56. The lowest BCUT2D eigenvalue weighted by atomic mass is 9.78. The molecule has 4 heterocycles. The number of nitrogens with one attached hydrogen (secondary N) is 1. The van der Waals surface area contributed by atoms with E-state index in [1.165, 1.54) is 36.3 Å². The van der Waals surface area contributed by atoms with Crippen molar-refractivity contribution in [3.8, 4) is 0 Å².